The molecule has 0 bridgehead atoms. The number of benzene rings is 3. The Kier molecular flexibility index (Phi) is 4.70. The zero-order valence-electron chi connectivity index (χ0n) is 13.4. The van der Waals surface area contributed by atoms with Gasteiger partial charge in [-0.15, -0.1) is 10.2 Å². The molecule has 0 fully saturated rings. The van der Waals surface area contributed by atoms with Crippen LogP contribution in [0, 0.1) is 0 Å². The van der Waals surface area contributed by atoms with Crippen molar-refractivity contribution in [3.05, 3.63) is 54.6 Å². The summed E-state index contributed by atoms with van der Waals surface area (Å²) in [4.78, 5) is -1.26. The molecule has 3 N–H and O–H groups in total. The second-order valence-corrected chi connectivity index (χ2v) is 8.19. The van der Waals surface area contributed by atoms with Crippen molar-refractivity contribution in [2.24, 2.45) is 10.2 Å². The van der Waals surface area contributed by atoms with Gasteiger partial charge in [0.1, 0.15) is 21.2 Å². The number of phenols is 1. The van der Waals surface area contributed by atoms with Crippen LogP contribution in [0.15, 0.2) is 74.6 Å². The highest BCUT2D eigenvalue weighted by Crippen LogP contribution is 2.41. The van der Waals surface area contributed by atoms with Gasteiger partial charge in [-0.1, -0.05) is 36.4 Å². The van der Waals surface area contributed by atoms with Gasteiger partial charge in [-0.3, -0.25) is 9.11 Å². The first-order chi connectivity index (χ1) is 12.6. The Morgan fingerprint density at radius 2 is 1.33 bits per heavy atom. The average molecular weight is 408 g/mol. The predicted octanol–water partition coefficient (Wildman–Crippen LogP) is 3.45. The second kappa shape index (κ2) is 6.70. The molecule has 0 saturated carbocycles. The van der Waals surface area contributed by atoms with Crippen LogP contribution < -0.4 is 0 Å². The SMILES string of the molecule is O=S(=O)(O)c1ccccc1N=Nc1c(S(=O)(=O)O)cc2ccccc2c1O. The molecule has 3 aromatic carbocycles. The van der Waals surface area contributed by atoms with E-state index in [2.05, 4.69) is 10.2 Å². The molecule has 9 nitrogen and oxygen atoms in total. The molecule has 0 aliphatic rings. The molecular weight excluding hydrogens is 396 g/mol. The van der Waals surface area contributed by atoms with E-state index in [-0.39, 0.29) is 11.1 Å². The Balaban J connectivity index is 2.27. The first kappa shape index (κ1) is 18.9. The highest BCUT2D eigenvalue weighted by molar-refractivity contribution is 7.86. The first-order valence-electron chi connectivity index (χ1n) is 7.29. The van der Waals surface area contributed by atoms with E-state index in [4.69, 9.17) is 0 Å². The Labute approximate surface area is 154 Å². The molecule has 0 unspecified atom stereocenters. The molecule has 0 aliphatic carbocycles. The van der Waals surface area contributed by atoms with Crippen LogP contribution >= 0.6 is 0 Å². The minimum Gasteiger partial charge on any atom is -0.505 e. The zero-order valence-corrected chi connectivity index (χ0v) is 15.0. The van der Waals surface area contributed by atoms with E-state index in [0.717, 1.165) is 12.1 Å². The normalized spacial score (nSPS) is 12.7. The van der Waals surface area contributed by atoms with Crippen molar-refractivity contribution in [2.45, 2.75) is 9.79 Å². The van der Waals surface area contributed by atoms with Crippen molar-refractivity contribution in [3.63, 3.8) is 0 Å². The lowest BCUT2D eigenvalue weighted by atomic mass is 10.1. The summed E-state index contributed by atoms with van der Waals surface area (Å²) in [5.74, 6) is -0.561. The van der Waals surface area contributed by atoms with Gasteiger partial charge in [-0.05, 0) is 23.6 Å². The summed E-state index contributed by atoms with van der Waals surface area (Å²) in [5.41, 5.74) is -0.852. The Hall–Kier alpha value is -2.86. The number of nitrogens with zero attached hydrogens (tertiary/aromatic N) is 2. The fourth-order valence-corrected chi connectivity index (χ4v) is 3.73. The van der Waals surface area contributed by atoms with E-state index in [0.29, 0.717) is 5.39 Å². The average Bonchev–Trinajstić information content (AvgIpc) is 2.59. The van der Waals surface area contributed by atoms with Crippen LogP contribution in [0.1, 0.15) is 0 Å². The second-order valence-electron chi connectivity index (χ2n) is 5.41. The standard InChI is InChI=1S/C16H12N2O7S2/c19-16-11-6-2-1-5-10(11)9-14(27(23,24)25)15(16)18-17-12-7-3-4-8-13(12)26(20,21)22/h1-9,19H,(H,20,21,22)(H,23,24,25). The monoisotopic (exact) mass is 408 g/mol. The molecule has 0 saturated heterocycles. The van der Waals surface area contributed by atoms with Crippen LogP contribution in [0.5, 0.6) is 5.75 Å². The van der Waals surface area contributed by atoms with Gasteiger partial charge in [0.25, 0.3) is 20.2 Å². The van der Waals surface area contributed by atoms with Gasteiger partial charge in [-0.2, -0.15) is 16.8 Å². The van der Waals surface area contributed by atoms with Crippen LogP contribution in [-0.4, -0.2) is 31.0 Å². The zero-order chi connectivity index (χ0) is 19.8. The number of phenolic OH excluding ortho intramolecular Hbond substituents is 1. The highest BCUT2D eigenvalue weighted by Gasteiger charge is 2.22. The third-order valence-corrected chi connectivity index (χ3v) is 5.41. The van der Waals surface area contributed by atoms with Gasteiger partial charge in [0.15, 0.2) is 5.75 Å². The number of azo groups is 1. The molecule has 0 atom stereocenters. The van der Waals surface area contributed by atoms with Gasteiger partial charge in [0.2, 0.25) is 0 Å². The summed E-state index contributed by atoms with van der Waals surface area (Å²) in [7, 11) is -9.38. The summed E-state index contributed by atoms with van der Waals surface area (Å²) in [6.45, 7) is 0. The lowest BCUT2D eigenvalue weighted by Gasteiger charge is -2.08. The summed E-state index contributed by atoms with van der Waals surface area (Å²) < 4.78 is 64.9. The number of hydrogen-bond acceptors (Lipinski definition) is 7. The van der Waals surface area contributed by atoms with Gasteiger partial charge >= 0.3 is 0 Å². The van der Waals surface area contributed by atoms with Gasteiger partial charge in [0, 0.05) is 5.39 Å². The van der Waals surface area contributed by atoms with Crippen LogP contribution in [0.2, 0.25) is 0 Å². The molecular formula is C16H12N2O7S2. The molecule has 3 aromatic rings. The predicted molar refractivity (Wildman–Crippen MR) is 95.9 cm³/mol. The van der Waals surface area contributed by atoms with Gasteiger partial charge in [0.05, 0.1) is 0 Å². The molecule has 0 heterocycles. The Bertz CT molecular complexity index is 1280. The molecule has 0 spiro atoms. The molecule has 0 radical (unpaired) electrons. The summed E-state index contributed by atoms with van der Waals surface area (Å²) in [6.07, 6.45) is 0. The summed E-state index contributed by atoms with van der Waals surface area (Å²) in [6, 6.07) is 12.4. The van der Waals surface area contributed by atoms with Crippen molar-refractivity contribution >= 4 is 42.4 Å². The van der Waals surface area contributed by atoms with Crippen molar-refractivity contribution in [3.8, 4) is 5.75 Å². The van der Waals surface area contributed by atoms with E-state index < -0.39 is 41.5 Å². The molecule has 0 aromatic heterocycles. The molecule has 3 rings (SSSR count). The quantitative estimate of drug-likeness (QED) is 0.441. The van der Waals surface area contributed by atoms with E-state index in [1.165, 1.54) is 30.3 Å². The lowest BCUT2D eigenvalue weighted by Crippen LogP contribution is -1.99. The Morgan fingerprint density at radius 3 is 2.00 bits per heavy atom. The first-order valence-corrected chi connectivity index (χ1v) is 10.2. The fraction of sp³-hybridized carbons (Fsp3) is 0. The molecule has 140 valence electrons. The van der Waals surface area contributed by atoms with Crippen molar-refractivity contribution < 1.29 is 31.0 Å². The number of fused-ring (bicyclic) bond motifs is 1. The molecule has 11 heteroatoms. The number of rotatable bonds is 4. The van der Waals surface area contributed by atoms with E-state index >= 15 is 0 Å². The van der Waals surface area contributed by atoms with E-state index in [1.54, 1.807) is 12.1 Å². The number of aromatic hydroxyl groups is 1. The van der Waals surface area contributed by atoms with Crippen LogP contribution in [0.25, 0.3) is 10.8 Å². The van der Waals surface area contributed by atoms with Crippen molar-refractivity contribution in [2.75, 3.05) is 0 Å². The topological polar surface area (TPSA) is 154 Å². The van der Waals surface area contributed by atoms with Gasteiger partial charge in [-0.25, -0.2) is 0 Å². The minimum absolute atomic E-state index is 0.252. The lowest BCUT2D eigenvalue weighted by molar-refractivity contribution is 0.472. The third kappa shape index (κ3) is 3.80. The van der Waals surface area contributed by atoms with E-state index in [9.17, 15) is 31.0 Å². The van der Waals surface area contributed by atoms with Crippen molar-refractivity contribution in [1.82, 2.24) is 0 Å². The van der Waals surface area contributed by atoms with Gasteiger partial charge < -0.3 is 5.11 Å². The highest BCUT2D eigenvalue weighted by atomic mass is 32.2. The van der Waals surface area contributed by atoms with Crippen LogP contribution in [-0.2, 0) is 20.2 Å². The fourth-order valence-electron chi connectivity index (χ4n) is 2.45. The molecule has 27 heavy (non-hydrogen) atoms. The minimum atomic E-state index is -4.77. The maximum absolute atomic E-state index is 11.7. The smallest absolute Gasteiger partial charge is 0.296 e. The van der Waals surface area contributed by atoms with Crippen LogP contribution in [0.4, 0.5) is 11.4 Å². The molecule has 0 aliphatic heterocycles. The Morgan fingerprint density at radius 1 is 0.741 bits per heavy atom. The largest absolute Gasteiger partial charge is 0.505 e. The number of hydrogen-bond donors (Lipinski definition) is 3. The van der Waals surface area contributed by atoms with Crippen molar-refractivity contribution in [1.29, 1.82) is 0 Å². The van der Waals surface area contributed by atoms with Crippen LogP contribution in [0.3, 0.4) is 0 Å². The van der Waals surface area contributed by atoms with E-state index in [1.807, 2.05) is 0 Å². The maximum Gasteiger partial charge on any atom is 0.296 e. The third-order valence-electron chi connectivity index (χ3n) is 3.64. The maximum atomic E-state index is 11.7. The summed E-state index contributed by atoms with van der Waals surface area (Å²) in [5, 5.41) is 18.3. The molecule has 0 amide bonds. The summed E-state index contributed by atoms with van der Waals surface area (Å²) >= 11 is 0.